The number of carboxylic acids is 1. The van der Waals surface area contributed by atoms with Crippen molar-refractivity contribution in [3.05, 3.63) is 35.4 Å². The molecule has 3 nitrogen and oxygen atoms in total. The van der Waals surface area contributed by atoms with Gasteiger partial charge in [0, 0.05) is 19.1 Å². The number of likely N-dealkylation sites (tertiary alicyclic amines) is 1. The van der Waals surface area contributed by atoms with Gasteiger partial charge in [0.2, 0.25) is 0 Å². The molecule has 3 unspecified atom stereocenters. The fourth-order valence-corrected chi connectivity index (χ4v) is 3.07. The first-order valence-corrected chi connectivity index (χ1v) is 7.06. The number of hydrogen-bond acceptors (Lipinski definition) is 2. The molecule has 1 aliphatic heterocycles. The molecule has 0 amide bonds. The van der Waals surface area contributed by atoms with Crippen molar-refractivity contribution in [2.45, 2.75) is 33.2 Å². The Bertz CT molecular complexity index is 441. The van der Waals surface area contributed by atoms with E-state index in [2.05, 4.69) is 43.0 Å². The molecule has 1 N–H and O–H groups in total. The first-order valence-electron chi connectivity index (χ1n) is 7.06. The topological polar surface area (TPSA) is 40.5 Å². The van der Waals surface area contributed by atoms with E-state index < -0.39 is 5.97 Å². The summed E-state index contributed by atoms with van der Waals surface area (Å²) in [5.41, 5.74) is 2.56. The van der Waals surface area contributed by atoms with Gasteiger partial charge in [0.05, 0.1) is 5.92 Å². The zero-order valence-electron chi connectivity index (χ0n) is 12.0. The fourth-order valence-electron chi connectivity index (χ4n) is 3.07. The van der Waals surface area contributed by atoms with Crippen LogP contribution < -0.4 is 0 Å². The molecule has 3 atom stereocenters. The standard InChI is InChI=1S/C16H23NO2/c1-4-15(13-7-5-11(2)6-8-13)17-9-12(3)14(10-17)16(18)19/h5-8,12,14-15H,4,9-10H2,1-3H3,(H,18,19). The van der Waals surface area contributed by atoms with Gasteiger partial charge in [-0.1, -0.05) is 43.7 Å². The predicted octanol–water partition coefficient (Wildman–Crippen LogP) is 3.10. The van der Waals surface area contributed by atoms with Crippen molar-refractivity contribution in [1.29, 1.82) is 0 Å². The third-order valence-corrected chi connectivity index (χ3v) is 4.25. The Kier molecular flexibility index (Phi) is 4.25. The van der Waals surface area contributed by atoms with Gasteiger partial charge in [-0.15, -0.1) is 0 Å². The number of benzene rings is 1. The molecule has 3 heteroatoms. The first-order chi connectivity index (χ1) is 9.02. The molecule has 104 valence electrons. The molecule has 1 heterocycles. The van der Waals surface area contributed by atoms with Crippen LogP contribution in [0.25, 0.3) is 0 Å². The van der Waals surface area contributed by atoms with E-state index in [0.717, 1.165) is 13.0 Å². The van der Waals surface area contributed by atoms with Gasteiger partial charge in [0.1, 0.15) is 0 Å². The minimum Gasteiger partial charge on any atom is -0.481 e. The highest BCUT2D eigenvalue weighted by Crippen LogP contribution is 2.33. The summed E-state index contributed by atoms with van der Waals surface area (Å²) >= 11 is 0. The average Bonchev–Trinajstić information content (AvgIpc) is 2.75. The second-order valence-corrected chi connectivity index (χ2v) is 5.71. The predicted molar refractivity (Wildman–Crippen MR) is 76.1 cm³/mol. The van der Waals surface area contributed by atoms with Crippen molar-refractivity contribution in [2.75, 3.05) is 13.1 Å². The molecule has 1 aromatic rings. The van der Waals surface area contributed by atoms with Gasteiger partial charge in [0.25, 0.3) is 0 Å². The third kappa shape index (κ3) is 2.98. The highest BCUT2D eigenvalue weighted by Gasteiger charge is 2.37. The van der Waals surface area contributed by atoms with Gasteiger partial charge in [-0.2, -0.15) is 0 Å². The molecular formula is C16H23NO2. The number of carboxylic acid groups (broad SMARTS) is 1. The Morgan fingerprint density at radius 3 is 2.47 bits per heavy atom. The lowest BCUT2D eigenvalue weighted by molar-refractivity contribution is -0.142. The molecule has 1 aliphatic rings. The summed E-state index contributed by atoms with van der Waals surface area (Å²) in [6.45, 7) is 7.85. The third-order valence-electron chi connectivity index (χ3n) is 4.25. The molecule has 0 radical (unpaired) electrons. The maximum atomic E-state index is 11.2. The molecule has 2 rings (SSSR count). The molecule has 0 spiro atoms. The summed E-state index contributed by atoms with van der Waals surface area (Å²) in [5, 5.41) is 9.24. The fraction of sp³-hybridized carbons (Fsp3) is 0.562. The molecule has 1 aromatic carbocycles. The summed E-state index contributed by atoms with van der Waals surface area (Å²) in [6.07, 6.45) is 1.02. The Morgan fingerprint density at radius 2 is 2.00 bits per heavy atom. The van der Waals surface area contributed by atoms with Crippen LogP contribution in [0.5, 0.6) is 0 Å². The number of aryl methyl sites for hydroxylation is 1. The van der Waals surface area contributed by atoms with Crippen molar-refractivity contribution < 1.29 is 9.90 Å². The van der Waals surface area contributed by atoms with Crippen molar-refractivity contribution in [1.82, 2.24) is 4.90 Å². The summed E-state index contributed by atoms with van der Waals surface area (Å²) < 4.78 is 0. The number of nitrogens with zero attached hydrogens (tertiary/aromatic N) is 1. The lowest BCUT2D eigenvalue weighted by Gasteiger charge is -2.27. The maximum absolute atomic E-state index is 11.2. The smallest absolute Gasteiger partial charge is 0.308 e. The molecule has 1 fully saturated rings. The second-order valence-electron chi connectivity index (χ2n) is 5.71. The van der Waals surface area contributed by atoms with E-state index in [0.29, 0.717) is 12.6 Å². The average molecular weight is 261 g/mol. The Morgan fingerprint density at radius 1 is 1.37 bits per heavy atom. The van der Waals surface area contributed by atoms with Crippen LogP contribution in [0.15, 0.2) is 24.3 Å². The Balaban J connectivity index is 2.15. The lowest BCUT2D eigenvalue weighted by atomic mass is 9.99. The molecule has 19 heavy (non-hydrogen) atoms. The summed E-state index contributed by atoms with van der Waals surface area (Å²) in [7, 11) is 0. The second kappa shape index (κ2) is 5.74. The molecule has 0 bridgehead atoms. The zero-order valence-corrected chi connectivity index (χ0v) is 12.0. The normalized spacial score (nSPS) is 25.4. The van der Waals surface area contributed by atoms with Crippen LogP contribution in [0, 0.1) is 18.8 Å². The quantitative estimate of drug-likeness (QED) is 0.905. The number of aliphatic carboxylic acids is 1. The van der Waals surface area contributed by atoms with Gasteiger partial charge in [-0.3, -0.25) is 9.69 Å². The van der Waals surface area contributed by atoms with Crippen LogP contribution in [0.4, 0.5) is 0 Å². The Hall–Kier alpha value is -1.35. The summed E-state index contributed by atoms with van der Waals surface area (Å²) in [6, 6.07) is 8.94. The zero-order chi connectivity index (χ0) is 14.0. The van der Waals surface area contributed by atoms with Gasteiger partial charge in [0.15, 0.2) is 0 Å². The lowest BCUT2D eigenvalue weighted by Crippen LogP contribution is -2.27. The number of carbonyl (C=O) groups is 1. The minimum absolute atomic E-state index is 0.223. The molecule has 1 saturated heterocycles. The summed E-state index contributed by atoms with van der Waals surface area (Å²) in [4.78, 5) is 13.6. The minimum atomic E-state index is -0.659. The molecule has 0 saturated carbocycles. The maximum Gasteiger partial charge on any atom is 0.308 e. The highest BCUT2D eigenvalue weighted by molar-refractivity contribution is 5.71. The number of hydrogen-bond donors (Lipinski definition) is 1. The molecule has 0 aliphatic carbocycles. The van der Waals surface area contributed by atoms with E-state index in [1.807, 2.05) is 6.92 Å². The highest BCUT2D eigenvalue weighted by atomic mass is 16.4. The van der Waals surface area contributed by atoms with E-state index in [4.69, 9.17) is 0 Å². The van der Waals surface area contributed by atoms with Gasteiger partial charge in [-0.05, 0) is 24.8 Å². The summed E-state index contributed by atoms with van der Waals surface area (Å²) in [5.74, 6) is -0.648. The largest absolute Gasteiger partial charge is 0.481 e. The SMILES string of the molecule is CCC(c1ccc(C)cc1)N1CC(C)C(C(=O)O)C1. The Labute approximate surface area is 115 Å². The van der Waals surface area contributed by atoms with Crippen molar-refractivity contribution >= 4 is 5.97 Å². The van der Waals surface area contributed by atoms with Crippen molar-refractivity contribution in [3.63, 3.8) is 0 Å². The van der Waals surface area contributed by atoms with E-state index in [1.165, 1.54) is 11.1 Å². The van der Waals surface area contributed by atoms with Gasteiger partial charge in [-0.25, -0.2) is 0 Å². The van der Waals surface area contributed by atoms with Crippen LogP contribution in [-0.4, -0.2) is 29.1 Å². The van der Waals surface area contributed by atoms with E-state index in [-0.39, 0.29) is 11.8 Å². The van der Waals surface area contributed by atoms with Gasteiger partial charge < -0.3 is 5.11 Å². The van der Waals surface area contributed by atoms with Crippen LogP contribution in [0.3, 0.4) is 0 Å². The van der Waals surface area contributed by atoms with E-state index in [1.54, 1.807) is 0 Å². The van der Waals surface area contributed by atoms with Gasteiger partial charge >= 0.3 is 5.97 Å². The first kappa shape index (κ1) is 14.1. The molecular weight excluding hydrogens is 238 g/mol. The number of rotatable bonds is 4. The van der Waals surface area contributed by atoms with Crippen LogP contribution in [-0.2, 0) is 4.79 Å². The van der Waals surface area contributed by atoms with Crippen LogP contribution in [0.2, 0.25) is 0 Å². The van der Waals surface area contributed by atoms with E-state index >= 15 is 0 Å². The molecule has 0 aromatic heterocycles. The monoisotopic (exact) mass is 261 g/mol. The van der Waals surface area contributed by atoms with Crippen molar-refractivity contribution in [2.24, 2.45) is 11.8 Å². The van der Waals surface area contributed by atoms with Crippen LogP contribution in [0.1, 0.15) is 37.4 Å². The van der Waals surface area contributed by atoms with Crippen molar-refractivity contribution in [3.8, 4) is 0 Å². The van der Waals surface area contributed by atoms with Crippen LogP contribution >= 0.6 is 0 Å². The van der Waals surface area contributed by atoms with E-state index in [9.17, 15) is 9.90 Å².